The third-order valence-corrected chi connectivity index (χ3v) is 3.66. The number of nitrogens with one attached hydrogen (secondary N) is 1. The lowest BCUT2D eigenvalue weighted by Crippen LogP contribution is -2.41. The normalized spacial score (nSPS) is 18.9. The topological polar surface area (TPSA) is 21.3 Å². The van der Waals surface area contributed by atoms with Gasteiger partial charge < -0.3 is 10.1 Å². The molecule has 0 aliphatic carbocycles. The number of hydrogen-bond donors (Lipinski definition) is 1. The van der Waals surface area contributed by atoms with Crippen molar-refractivity contribution in [1.82, 2.24) is 0 Å². The molecule has 1 heterocycles. The molecule has 1 atom stereocenters. The van der Waals surface area contributed by atoms with E-state index in [-0.39, 0.29) is 5.41 Å². The van der Waals surface area contributed by atoms with E-state index in [4.69, 9.17) is 4.74 Å². The number of benzene rings is 2. The van der Waals surface area contributed by atoms with Gasteiger partial charge >= 0.3 is 0 Å². The molecule has 0 saturated heterocycles. The lowest BCUT2D eigenvalue weighted by Gasteiger charge is -2.36. The van der Waals surface area contributed by atoms with Gasteiger partial charge in [-0.15, -0.1) is 0 Å². The van der Waals surface area contributed by atoms with Crippen molar-refractivity contribution in [3.63, 3.8) is 0 Å². The summed E-state index contributed by atoms with van der Waals surface area (Å²) in [5.41, 5.74) is 1.33. The maximum atomic E-state index is 5.91. The first-order valence-corrected chi connectivity index (χ1v) is 6.47. The van der Waals surface area contributed by atoms with Crippen molar-refractivity contribution < 1.29 is 4.74 Å². The molecule has 1 aliphatic heterocycles. The number of ether oxygens (including phenoxy) is 1. The molecule has 0 spiro atoms. The Hall–Kier alpha value is -1.70. The average Bonchev–Trinajstić information content (AvgIpc) is 2.37. The summed E-state index contributed by atoms with van der Waals surface area (Å²) >= 11 is 0. The van der Waals surface area contributed by atoms with Crippen LogP contribution in [0.25, 0.3) is 10.8 Å². The highest BCUT2D eigenvalue weighted by Crippen LogP contribution is 2.39. The molecule has 0 radical (unpaired) electrons. The van der Waals surface area contributed by atoms with Crippen molar-refractivity contribution in [3.8, 4) is 5.75 Å². The minimum absolute atomic E-state index is 0.189. The summed E-state index contributed by atoms with van der Waals surface area (Å²) in [5, 5.41) is 6.15. The van der Waals surface area contributed by atoms with Gasteiger partial charge in [-0.05, 0) is 16.9 Å². The maximum Gasteiger partial charge on any atom is 0.143 e. The highest BCUT2D eigenvalue weighted by atomic mass is 16.5. The summed E-state index contributed by atoms with van der Waals surface area (Å²) in [4.78, 5) is 0. The van der Waals surface area contributed by atoms with E-state index >= 15 is 0 Å². The Kier molecular flexibility index (Phi) is 2.47. The van der Waals surface area contributed by atoms with Gasteiger partial charge in [-0.25, -0.2) is 0 Å². The van der Waals surface area contributed by atoms with E-state index in [2.05, 4.69) is 62.5 Å². The molecule has 3 rings (SSSR count). The number of anilines is 1. The summed E-state index contributed by atoms with van der Waals surface area (Å²) in [6, 6.07) is 12.9. The molecule has 0 saturated carbocycles. The number of fused-ring (bicyclic) bond motifs is 3. The number of rotatable bonds is 0. The molecule has 18 heavy (non-hydrogen) atoms. The summed E-state index contributed by atoms with van der Waals surface area (Å²) in [5.74, 6) is 0.967. The van der Waals surface area contributed by atoms with Gasteiger partial charge in [0.15, 0.2) is 0 Å². The van der Waals surface area contributed by atoms with Crippen molar-refractivity contribution in [2.24, 2.45) is 5.41 Å². The van der Waals surface area contributed by atoms with Gasteiger partial charge in [-0.1, -0.05) is 51.1 Å². The molecule has 2 aromatic carbocycles. The summed E-state index contributed by atoms with van der Waals surface area (Å²) in [7, 11) is 0. The third-order valence-electron chi connectivity index (χ3n) is 3.66. The van der Waals surface area contributed by atoms with Crippen molar-refractivity contribution in [2.45, 2.75) is 26.8 Å². The first kappa shape index (κ1) is 11.4. The Morgan fingerprint density at radius 2 is 1.89 bits per heavy atom. The van der Waals surface area contributed by atoms with Crippen LogP contribution in [-0.4, -0.2) is 12.6 Å². The van der Waals surface area contributed by atoms with Crippen LogP contribution >= 0.6 is 0 Å². The van der Waals surface area contributed by atoms with E-state index in [1.54, 1.807) is 0 Å². The molecule has 0 aromatic heterocycles. The fourth-order valence-corrected chi connectivity index (χ4v) is 2.38. The highest BCUT2D eigenvalue weighted by molar-refractivity contribution is 5.97. The lowest BCUT2D eigenvalue weighted by molar-refractivity contribution is 0.207. The fourth-order valence-electron chi connectivity index (χ4n) is 2.38. The predicted molar refractivity (Wildman–Crippen MR) is 76.3 cm³/mol. The highest BCUT2D eigenvalue weighted by Gasteiger charge is 2.30. The van der Waals surface area contributed by atoms with Crippen LogP contribution in [0.1, 0.15) is 20.8 Å². The van der Waals surface area contributed by atoms with E-state index in [9.17, 15) is 0 Å². The van der Waals surface area contributed by atoms with Crippen molar-refractivity contribution in [1.29, 1.82) is 0 Å². The second-order valence-electron chi connectivity index (χ2n) is 6.03. The minimum Gasteiger partial charge on any atom is -0.489 e. The molecule has 0 bridgehead atoms. The molecule has 1 N–H and O–H groups in total. The monoisotopic (exact) mass is 241 g/mol. The number of hydrogen-bond acceptors (Lipinski definition) is 2. The summed E-state index contributed by atoms with van der Waals surface area (Å²) in [6.07, 6.45) is 0. The standard InChI is InChI=1S/C16H19NO/c1-16(2,3)14-10-18-13-9-8-11-6-4-5-7-12(11)15(13)17-14/h4-9,14,17H,10H2,1-3H3. The van der Waals surface area contributed by atoms with E-state index in [1.807, 2.05) is 0 Å². The molecule has 2 aromatic rings. The van der Waals surface area contributed by atoms with E-state index in [1.165, 1.54) is 10.8 Å². The molecule has 2 heteroatoms. The minimum atomic E-state index is 0.189. The van der Waals surface area contributed by atoms with Gasteiger partial charge in [0, 0.05) is 5.39 Å². The molecule has 0 amide bonds. The smallest absolute Gasteiger partial charge is 0.143 e. The van der Waals surface area contributed by atoms with E-state index in [0.717, 1.165) is 18.0 Å². The molecular formula is C16H19NO. The van der Waals surface area contributed by atoms with E-state index in [0.29, 0.717) is 6.04 Å². The Labute approximate surface area is 108 Å². The Morgan fingerprint density at radius 1 is 1.11 bits per heavy atom. The maximum absolute atomic E-state index is 5.91. The van der Waals surface area contributed by atoms with Gasteiger partial charge in [0.1, 0.15) is 12.4 Å². The predicted octanol–water partition coefficient (Wildman–Crippen LogP) is 4.06. The molecule has 1 unspecified atom stereocenters. The zero-order valence-electron chi connectivity index (χ0n) is 11.2. The van der Waals surface area contributed by atoms with Gasteiger partial charge in [-0.2, -0.15) is 0 Å². The average molecular weight is 241 g/mol. The zero-order valence-corrected chi connectivity index (χ0v) is 11.2. The van der Waals surface area contributed by atoms with Crippen molar-refractivity contribution in [2.75, 3.05) is 11.9 Å². The van der Waals surface area contributed by atoms with Crippen LogP contribution in [0.5, 0.6) is 5.75 Å². The summed E-state index contributed by atoms with van der Waals surface area (Å²) in [6.45, 7) is 7.45. The Bertz CT molecular complexity index is 583. The fraction of sp³-hybridized carbons (Fsp3) is 0.375. The van der Waals surface area contributed by atoms with Crippen LogP contribution in [0, 0.1) is 5.41 Å². The first-order valence-electron chi connectivity index (χ1n) is 6.47. The van der Waals surface area contributed by atoms with Crippen LogP contribution in [-0.2, 0) is 0 Å². The summed E-state index contributed by atoms with van der Waals surface area (Å²) < 4.78 is 5.91. The first-order chi connectivity index (χ1) is 8.55. The SMILES string of the molecule is CC(C)(C)C1COc2ccc3ccccc3c2N1. The van der Waals surface area contributed by atoms with Crippen LogP contribution in [0.15, 0.2) is 36.4 Å². The lowest BCUT2D eigenvalue weighted by atomic mass is 9.86. The Morgan fingerprint density at radius 3 is 2.67 bits per heavy atom. The molecule has 0 fully saturated rings. The second kappa shape index (κ2) is 3.91. The largest absolute Gasteiger partial charge is 0.489 e. The van der Waals surface area contributed by atoms with Crippen molar-refractivity contribution >= 4 is 16.5 Å². The molecule has 94 valence electrons. The van der Waals surface area contributed by atoms with Gasteiger partial charge in [0.05, 0.1) is 11.7 Å². The quantitative estimate of drug-likeness (QED) is 0.751. The zero-order chi connectivity index (χ0) is 12.8. The Balaban J connectivity index is 2.10. The molecular weight excluding hydrogens is 222 g/mol. The van der Waals surface area contributed by atoms with Crippen LogP contribution in [0.4, 0.5) is 5.69 Å². The van der Waals surface area contributed by atoms with Crippen molar-refractivity contribution in [3.05, 3.63) is 36.4 Å². The van der Waals surface area contributed by atoms with E-state index < -0.39 is 0 Å². The van der Waals surface area contributed by atoms with Crippen LogP contribution in [0.2, 0.25) is 0 Å². The molecule has 1 aliphatic rings. The van der Waals surface area contributed by atoms with Crippen LogP contribution in [0.3, 0.4) is 0 Å². The van der Waals surface area contributed by atoms with Gasteiger partial charge in [0.2, 0.25) is 0 Å². The van der Waals surface area contributed by atoms with Crippen LogP contribution < -0.4 is 10.1 Å². The van der Waals surface area contributed by atoms with Gasteiger partial charge in [0.25, 0.3) is 0 Å². The molecule has 2 nitrogen and oxygen atoms in total. The second-order valence-corrected chi connectivity index (χ2v) is 6.03. The van der Waals surface area contributed by atoms with Gasteiger partial charge in [-0.3, -0.25) is 0 Å². The third kappa shape index (κ3) is 1.82.